The van der Waals surface area contributed by atoms with Crippen molar-refractivity contribution in [1.82, 2.24) is 5.32 Å². The molecule has 1 N–H and O–H groups in total. The van der Waals surface area contributed by atoms with Crippen LogP contribution in [-0.2, 0) is 13.3 Å². The van der Waals surface area contributed by atoms with Crippen LogP contribution in [-0.4, -0.2) is 42.3 Å². The zero-order valence-corrected chi connectivity index (χ0v) is 12.2. The second kappa shape index (κ2) is 10.2. The summed E-state index contributed by atoms with van der Waals surface area (Å²) >= 11 is 0. The third-order valence-electron chi connectivity index (χ3n) is 2.46. The van der Waals surface area contributed by atoms with E-state index in [1.807, 2.05) is 0 Å². The van der Waals surface area contributed by atoms with Crippen molar-refractivity contribution in [3.63, 3.8) is 0 Å². The lowest BCUT2D eigenvalue weighted by Gasteiger charge is -2.26. The van der Waals surface area contributed by atoms with Crippen LogP contribution in [0.1, 0.15) is 39.5 Å². The molecule has 16 heavy (non-hydrogen) atoms. The fourth-order valence-electron chi connectivity index (χ4n) is 1.39. The van der Waals surface area contributed by atoms with E-state index < -0.39 is 8.80 Å². The van der Waals surface area contributed by atoms with Crippen molar-refractivity contribution < 1.29 is 13.3 Å². The first-order valence-electron chi connectivity index (χ1n) is 6.19. The Morgan fingerprint density at radius 3 is 2.19 bits per heavy atom. The number of unbranched alkanes of at least 4 members (excludes halogenated alkanes) is 2. The van der Waals surface area contributed by atoms with Crippen LogP contribution in [0.3, 0.4) is 0 Å². The Morgan fingerprint density at radius 2 is 1.69 bits per heavy atom. The molecule has 0 amide bonds. The molecule has 0 unspecified atom stereocenters. The Bertz CT molecular complexity index is 154. The molecule has 0 fully saturated rings. The van der Waals surface area contributed by atoms with Crippen molar-refractivity contribution in [2.45, 2.75) is 39.5 Å². The van der Waals surface area contributed by atoms with E-state index in [9.17, 15) is 0 Å². The summed E-state index contributed by atoms with van der Waals surface area (Å²) in [6.45, 7) is 6.02. The first-order chi connectivity index (χ1) is 7.74. The topological polar surface area (TPSA) is 39.7 Å². The maximum atomic E-state index is 5.81. The highest BCUT2D eigenvalue weighted by molar-refractivity contribution is 6.60. The van der Waals surface area contributed by atoms with Crippen LogP contribution >= 0.6 is 0 Å². The fourth-order valence-corrected chi connectivity index (χ4v) is 3.13. The largest absolute Gasteiger partial charge is 0.514 e. The molecule has 0 heterocycles. The maximum Gasteiger partial charge on any atom is 0.514 e. The molecule has 0 saturated carbocycles. The van der Waals surface area contributed by atoms with E-state index >= 15 is 0 Å². The molecule has 0 aliphatic heterocycles. The second-order valence-corrected chi connectivity index (χ2v) is 6.65. The Labute approximate surface area is 101 Å². The van der Waals surface area contributed by atoms with E-state index in [4.69, 9.17) is 13.3 Å². The van der Waals surface area contributed by atoms with Gasteiger partial charge in [0.05, 0.1) is 6.17 Å². The van der Waals surface area contributed by atoms with Gasteiger partial charge in [0.2, 0.25) is 0 Å². The highest BCUT2D eigenvalue weighted by Crippen LogP contribution is 2.08. The van der Waals surface area contributed by atoms with Gasteiger partial charge in [-0.15, -0.1) is 0 Å². The van der Waals surface area contributed by atoms with E-state index in [0.29, 0.717) is 6.17 Å². The predicted octanol–water partition coefficient (Wildman–Crippen LogP) is 1.96. The fraction of sp³-hybridized carbons (Fsp3) is 1.00. The summed E-state index contributed by atoms with van der Waals surface area (Å²) in [6.07, 6.45) is 5.27. The molecule has 0 atom stereocenters. The lowest BCUT2D eigenvalue weighted by Crippen LogP contribution is -2.53. The number of rotatable bonds is 11. The average molecular weight is 249 g/mol. The Balaban J connectivity index is 3.90. The quantitative estimate of drug-likeness (QED) is 0.449. The van der Waals surface area contributed by atoms with Gasteiger partial charge in [-0.25, -0.2) is 0 Å². The van der Waals surface area contributed by atoms with Gasteiger partial charge < -0.3 is 18.6 Å². The molecule has 0 aliphatic rings. The van der Waals surface area contributed by atoms with Gasteiger partial charge in [0.15, 0.2) is 0 Å². The summed E-state index contributed by atoms with van der Waals surface area (Å²) in [6, 6.07) is 0. The monoisotopic (exact) mass is 249 g/mol. The van der Waals surface area contributed by atoms with Crippen LogP contribution in [0.25, 0.3) is 0 Å². The van der Waals surface area contributed by atoms with Gasteiger partial charge in [-0.05, 0) is 19.4 Å². The van der Waals surface area contributed by atoms with E-state index in [0.717, 1.165) is 26.0 Å². The van der Waals surface area contributed by atoms with Crippen LogP contribution in [0.2, 0.25) is 0 Å². The molecule has 4 nitrogen and oxygen atoms in total. The summed E-state index contributed by atoms with van der Waals surface area (Å²) in [7, 11) is 0.898. The molecule has 0 aromatic rings. The van der Waals surface area contributed by atoms with Gasteiger partial charge in [0.1, 0.15) is 0 Å². The summed E-state index contributed by atoms with van der Waals surface area (Å²) in [5, 5.41) is 3.31. The molecule has 5 heteroatoms. The minimum absolute atomic E-state index is 0.694. The number of nitrogens with one attached hydrogen (secondary N) is 1. The van der Waals surface area contributed by atoms with E-state index in [1.165, 1.54) is 12.8 Å². The van der Waals surface area contributed by atoms with Crippen molar-refractivity contribution in [2.75, 3.05) is 33.5 Å². The Kier molecular flexibility index (Phi) is 10.3. The van der Waals surface area contributed by atoms with Gasteiger partial charge in [0, 0.05) is 20.8 Å². The highest BCUT2D eigenvalue weighted by Gasteiger charge is 2.38. The van der Waals surface area contributed by atoms with Gasteiger partial charge in [-0.1, -0.05) is 26.7 Å². The highest BCUT2D eigenvalue weighted by atomic mass is 28.4. The molecular formula is C11H27NO3Si. The van der Waals surface area contributed by atoms with Crippen molar-refractivity contribution in [3.05, 3.63) is 0 Å². The van der Waals surface area contributed by atoms with Crippen molar-refractivity contribution >= 4 is 8.80 Å². The predicted molar refractivity (Wildman–Crippen MR) is 68.4 cm³/mol. The summed E-state index contributed by atoms with van der Waals surface area (Å²) in [5.41, 5.74) is 0. The SMILES string of the molecule is CCCCCO[Si](CNCCC)(OC)OC. The van der Waals surface area contributed by atoms with Crippen molar-refractivity contribution in [3.8, 4) is 0 Å². The molecule has 0 bridgehead atoms. The third kappa shape index (κ3) is 6.60. The van der Waals surface area contributed by atoms with Gasteiger partial charge in [-0.3, -0.25) is 0 Å². The average Bonchev–Trinajstić information content (AvgIpc) is 2.33. The van der Waals surface area contributed by atoms with Gasteiger partial charge >= 0.3 is 8.80 Å². The van der Waals surface area contributed by atoms with E-state index in [2.05, 4.69) is 19.2 Å². The minimum Gasteiger partial charge on any atom is -0.376 e. The number of hydrogen-bond acceptors (Lipinski definition) is 4. The van der Waals surface area contributed by atoms with Crippen LogP contribution in [0.15, 0.2) is 0 Å². The summed E-state index contributed by atoms with van der Waals surface area (Å²) in [5.74, 6) is 0. The van der Waals surface area contributed by atoms with Gasteiger partial charge in [0.25, 0.3) is 0 Å². The summed E-state index contributed by atoms with van der Waals surface area (Å²) in [4.78, 5) is 0. The van der Waals surface area contributed by atoms with Crippen molar-refractivity contribution in [1.29, 1.82) is 0 Å². The standard InChI is InChI=1S/C11H27NO3Si/c1-5-7-8-10-15-16(13-3,14-4)11-12-9-6-2/h12H,5-11H2,1-4H3. The molecule has 0 spiro atoms. The van der Waals surface area contributed by atoms with E-state index in [-0.39, 0.29) is 0 Å². The summed E-state index contributed by atoms with van der Waals surface area (Å²) < 4.78 is 16.7. The van der Waals surface area contributed by atoms with Crippen molar-refractivity contribution in [2.24, 2.45) is 0 Å². The Hall–Kier alpha value is 0.0569. The first-order valence-corrected chi connectivity index (χ1v) is 8.12. The van der Waals surface area contributed by atoms with E-state index in [1.54, 1.807) is 14.2 Å². The molecule has 0 aliphatic carbocycles. The molecule has 0 saturated heterocycles. The third-order valence-corrected chi connectivity index (χ3v) is 5.03. The molecule has 0 rings (SSSR count). The second-order valence-electron chi connectivity index (χ2n) is 3.82. The smallest absolute Gasteiger partial charge is 0.376 e. The lowest BCUT2D eigenvalue weighted by molar-refractivity contribution is 0.0951. The molecule has 0 aromatic carbocycles. The van der Waals surface area contributed by atoms with Crippen LogP contribution in [0.5, 0.6) is 0 Å². The normalized spacial score (nSPS) is 12.0. The molecule has 0 aromatic heterocycles. The minimum atomic E-state index is -2.44. The molecule has 98 valence electrons. The zero-order chi connectivity index (χ0) is 12.3. The lowest BCUT2D eigenvalue weighted by atomic mass is 10.3. The maximum absolute atomic E-state index is 5.81. The first kappa shape index (κ1) is 16.1. The molecule has 0 radical (unpaired) electrons. The molecular weight excluding hydrogens is 222 g/mol. The Morgan fingerprint density at radius 1 is 1.00 bits per heavy atom. The van der Waals surface area contributed by atoms with Crippen LogP contribution in [0.4, 0.5) is 0 Å². The number of hydrogen-bond donors (Lipinski definition) is 1. The van der Waals surface area contributed by atoms with Crippen LogP contribution in [0, 0.1) is 0 Å². The van der Waals surface area contributed by atoms with Gasteiger partial charge in [-0.2, -0.15) is 0 Å². The van der Waals surface area contributed by atoms with Crippen LogP contribution < -0.4 is 5.32 Å². The zero-order valence-electron chi connectivity index (χ0n) is 11.2.